The molecule has 104 valence electrons. The summed E-state index contributed by atoms with van der Waals surface area (Å²) < 4.78 is 0. The zero-order valence-electron chi connectivity index (χ0n) is 11.0. The van der Waals surface area contributed by atoms with Crippen molar-refractivity contribution in [2.24, 2.45) is 0 Å². The van der Waals surface area contributed by atoms with Crippen molar-refractivity contribution < 1.29 is 5.11 Å². The number of nitrogen functional groups attached to an aromatic ring is 2. The van der Waals surface area contributed by atoms with Gasteiger partial charge in [0.1, 0.15) is 17.2 Å². The standard InChI is InChI=1S/C14H17N5O/c15-11-8-12(18-13(16)17-11)19-7-6-14(20,9-19)10-4-2-1-3-5-10/h1-5,8,20H,6-7,9H2,(H4,15,16,17,18). The van der Waals surface area contributed by atoms with E-state index in [4.69, 9.17) is 11.5 Å². The van der Waals surface area contributed by atoms with Gasteiger partial charge in [-0.05, 0) is 12.0 Å². The number of β-amino-alcohol motifs (C(OH)–C–C–N with tert-alkyl or cyclic N) is 1. The summed E-state index contributed by atoms with van der Waals surface area (Å²) in [6, 6.07) is 11.3. The molecule has 0 aliphatic carbocycles. The fourth-order valence-corrected chi connectivity index (χ4v) is 2.61. The number of nitrogens with two attached hydrogens (primary N) is 2. The molecule has 6 nitrogen and oxygen atoms in total. The molecular formula is C14H17N5O. The van der Waals surface area contributed by atoms with Crippen LogP contribution < -0.4 is 16.4 Å². The Morgan fingerprint density at radius 1 is 1.15 bits per heavy atom. The van der Waals surface area contributed by atoms with Crippen molar-refractivity contribution in [1.29, 1.82) is 0 Å². The molecule has 0 bridgehead atoms. The minimum absolute atomic E-state index is 0.148. The second kappa shape index (κ2) is 4.64. The summed E-state index contributed by atoms with van der Waals surface area (Å²) >= 11 is 0. The average molecular weight is 271 g/mol. The number of hydrogen-bond acceptors (Lipinski definition) is 6. The summed E-state index contributed by atoms with van der Waals surface area (Å²) in [5, 5.41) is 10.8. The predicted octanol–water partition coefficient (Wildman–Crippen LogP) is 0.739. The molecule has 0 spiro atoms. The fourth-order valence-electron chi connectivity index (χ4n) is 2.61. The third-order valence-electron chi connectivity index (χ3n) is 3.63. The Kier molecular flexibility index (Phi) is 2.94. The Labute approximate surface area is 117 Å². The van der Waals surface area contributed by atoms with Crippen LogP contribution in [-0.2, 0) is 5.60 Å². The summed E-state index contributed by atoms with van der Waals surface area (Å²) in [5.41, 5.74) is 11.3. The number of rotatable bonds is 2. The molecule has 5 N–H and O–H groups in total. The summed E-state index contributed by atoms with van der Waals surface area (Å²) in [6.45, 7) is 1.16. The number of aromatic nitrogens is 2. The Balaban J connectivity index is 1.86. The van der Waals surface area contributed by atoms with Gasteiger partial charge in [0.25, 0.3) is 0 Å². The van der Waals surface area contributed by atoms with E-state index in [2.05, 4.69) is 9.97 Å². The molecule has 1 atom stereocenters. The van der Waals surface area contributed by atoms with Gasteiger partial charge in [0.15, 0.2) is 0 Å². The highest BCUT2D eigenvalue weighted by Crippen LogP contribution is 2.34. The Bertz CT molecular complexity index is 598. The molecule has 1 unspecified atom stereocenters. The molecule has 3 rings (SSSR count). The largest absolute Gasteiger partial charge is 0.383 e. The van der Waals surface area contributed by atoms with Crippen molar-refractivity contribution in [1.82, 2.24) is 9.97 Å². The van der Waals surface area contributed by atoms with E-state index < -0.39 is 5.60 Å². The molecule has 0 amide bonds. The summed E-state index contributed by atoms with van der Waals surface area (Å²) in [4.78, 5) is 10.0. The van der Waals surface area contributed by atoms with E-state index in [1.807, 2.05) is 35.2 Å². The first-order valence-electron chi connectivity index (χ1n) is 6.50. The summed E-state index contributed by atoms with van der Waals surface area (Å²) in [7, 11) is 0. The molecule has 1 aromatic heterocycles. The van der Waals surface area contributed by atoms with Crippen LogP contribution >= 0.6 is 0 Å². The second-order valence-corrected chi connectivity index (χ2v) is 5.08. The highest BCUT2D eigenvalue weighted by atomic mass is 16.3. The predicted molar refractivity (Wildman–Crippen MR) is 78.0 cm³/mol. The van der Waals surface area contributed by atoms with Crippen molar-refractivity contribution in [3.05, 3.63) is 42.0 Å². The molecule has 1 aromatic carbocycles. The van der Waals surface area contributed by atoms with E-state index in [0.717, 1.165) is 5.56 Å². The SMILES string of the molecule is Nc1cc(N2CCC(O)(c3ccccc3)C2)nc(N)n1. The first-order valence-corrected chi connectivity index (χ1v) is 6.50. The van der Waals surface area contributed by atoms with Gasteiger partial charge >= 0.3 is 0 Å². The van der Waals surface area contributed by atoms with E-state index in [1.165, 1.54) is 0 Å². The van der Waals surface area contributed by atoms with Gasteiger partial charge in [-0.15, -0.1) is 0 Å². The monoisotopic (exact) mass is 271 g/mol. The zero-order valence-corrected chi connectivity index (χ0v) is 11.0. The lowest BCUT2D eigenvalue weighted by atomic mass is 9.93. The molecule has 20 heavy (non-hydrogen) atoms. The van der Waals surface area contributed by atoms with Gasteiger partial charge in [0.2, 0.25) is 5.95 Å². The number of nitrogens with zero attached hydrogens (tertiary/aromatic N) is 3. The zero-order chi connectivity index (χ0) is 14.2. The van der Waals surface area contributed by atoms with Crippen LogP contribution in [0, 0.1) is 0 Å². The van der Waals surface area contributed by atoms with E-state index in [1.54, 1.807) is 6.07 Å². The van der Waals surface area contributed by atoms with Crippen molar-refractivity contribution in [3.8, 4) is 0 Å². The quantitative estimate of drug-likeness (QED) is 0.744. The van der Waals surface area contributed by atoms with Crippen molar-refractivity contribution in [2.45, 2.75) is 12.0 Å². The van der Waals surface area contributed by atoms with Gasteiger partial charge < -0.3 is 21.5 Å². The molecule has 0 radical (unpaired) electrons. The molecule has 0 saturated carbocycles. The van der Waals surface area contributed by atoms with Gasteiger partial charge in [0, 0.05) is 12.6 Å². The van der Waals surface area contributed by atoms with Crippen LogP contribution in [0.4, 0.5) is 17.6 Å². The third-order valence-corrected chi connectivity index (χ3v) is 3.63. The van der Waals surface area contributed by atoms with Crippen molar-refractivity contribution >= 4 is 17.6 Å². The van der Waals surface area contributed by atoms with Crippen LogP contribution in [0.3, 0.4) is 0 Å². The van der Waals surface area contributed by atoms with Gasteiger partial charge in [-0.25, -0.2) is 0 Å². The summed E-state index contributed by atoms with van der Waals surface area (Å²) in [6.07, 6.45) is 0.640. The van der Waals surface area contributed by atoms with Crippen LogP contribution in [0.15, 0.2) is 36.4 Å². The maximum Gasteiger partial charge on any atom is 0.223 e. The second-order valence-electron chi connectivity index (χ2n) is 5.08. The smallest absolute Gasteiger partial charge is 0.223 e. The number of anilines is 3. The lowest BCUT2D eigenvalue weighted by Crippen LogP contribution is -2.31. The number of aliphatic hydroxyl groups is 1. The highest BCUT2D eigenvalue weighted by molar-refractivity contribution is 5.52. The number of hydrogen-bond donors (Lipinski definition) is 3. The highest BCUT2D eigenvalue weighted by Gasteiger charge is 2.38. The molecule has 6 heteroatoms. The van der Waals surface area contributed by atoms with Gasteiger partial charge in [0.05, 0.1) is 6.54 Å². The molecule has 1 saturated heterocycles. The normalized spacial score (nSPS) is 22.1. The molecular weight excluding hydrogens is 254 g/mol. The number of benzene rings is 1. The Morgan fingerprint density at radius 2 is 1.90 bits per heavy atom. The maximum atomic E-state index is 10.8. The summed E-state index contributed by atoms with van der Waals surface area (Å²) in [5.74, 6) is 1.14. The van der Waals surface area contributed by atoms with Gasteiger partial charge in [-0.2, -0.15) is 9.97 Å². The van der Waals surface area contributed by atoms with E-state index >= 15 is 0 Å². The topological polar surface area (TPSA) is 101 Å². The minimum atomic E-state index is -0.865. The molecule has 2 heterocycles. The molecule has 1 aliphatic rings. The molecule has 2 aromatic rings. The lowest BCUT2D eigenvalue weighted by molar-refractivity contribution is 0.0606. The fraction of sp³-hybridized carbons (Fsp3) is 0.286. The van der Waals surface area contributed by atoms with Crippen LogP contribution in [0.5, 0.6) is 0 Å². The third kappa shape index (κ3) is 2.25. The van der Waals surface area contributed by atoms with E-state index in [0.29, 0.717) is 31.1 Å². The van der Waals surface area contributed by atoms with Crippen molar-refractivity contribution in [2.75, 3.05) is 29.5 Å². The first-order chi connectivity index (χ1) is 9.57. The molecule has 1 fully saturated rings. The van der Waals surface area contributed by atoms with E-state index in [9.17, 15) is 5.11 Å². The van der Waals surface area contributed by atoms with Crippen molar-refractivity contribution in [3.63, 3.8) is 0 Å². The maximum absolute atomic E-state index is 10.8. The first kappa shape index (κ1) is 12.7. The van der Waals surface area contributed by atoms with Crippen LogP contribution in [0.2, 0.25) is 0 Å². The Hall–Kier alpha value is -2.34. The Morgan fingerprint density at radius 3 is 2.60 bits per heavy atom. The van der Waals surface area contributed by atoms with Gasteiger partial charge in [-0.1, -0.05) is 30.3 Å². The average Bonchev–Trinajstić information content (AvgIpc) is 2.83. The van der Waals surface area contributed by atoms with Gasteiger partial charge in [-0.3, -0.25) is 0 Å². The van der Waals surface area contributed by atoms with Crippen LogP contribution in [-0.4, -0.2) is 28.2 Å². The van der Waals surface area contributed by atoms with Crippen LogP contribution in [0.1, 0.15) is 12.0 Å². The van der Waals surface area contributed by atoms with Crippen LogP contribution in [0.25, 0.3) is 0 Å². The molecule has 1 aliphatic heterocycles. The van der Waals surface area contributed by atoms with E-state index in [-0.39, 0.29) is 5.95 Å². The lowest BCUT2D eigenvalue weighted by Gasteiger charge is -2.24. The minimum Gasteiger partial charge on any atom is -0.383 e.